The zero-order valence-corrected chi connectivity index (χ0v) is 10.6. The highest BCUT2D eigenvalue weighted by molar-refractivity contribution is 5.70. The van der Waals surface area contributed by atoms with Gasteiger partial charge in [0, 0.05) is 5.56 Å². The van der Waals surface area contributed by atoms with E-state index in [1.807, 2.05) is 0 Å². The van der Waals surface area contributed by atoms with Gasteiger partial charge in [-0.05, 0) is 25.1 Å². The van der Waals surface area contributed by atoms with Crippen LogP contribution in [0.5, 0.6) is 5.75 Å². The van der Waals surface area contributed by atoms with Crippen LogP contribution in [0.2, 0.25) is 0 Å². The van der Waals surface area contributed by atoms with Crippen LogP contribution in [-0.2, 0) is 11.2 Å². The summed E-state index contributed by atoms with van der Waals surface area (Å²) in [4.78, 5) is 14.9. The Kier molecular flexibility index (Phi) is 3.41. The molecule has 0 amide bonds. The Morgan fingerprint density at radius 2 is 2.26 bits per heavy atom. The Hall–Kier alpha value is -2.50. The predicted molar refractivity (Wildman–Crippen MR) is 69.0 cm³/mol. The number of benzene rings is 1. The first-order valence-electron chi connectivity index (χ1n) is 5.63. The maximum absolute atomic E-state index is 10.7. The van der Waals surface area contributed by atoms with Crippen LogP contribution in [0.1, 0.15) is 11.5 Å². The molecule has 100 valence electrons. The van der Waals surface area contributed by atoms with Crippen molar-refractivity contribution in [1.29, 1.82) is 0 Å². The van der Waals surface area contributed by atoms with Crippen LogP contribution in [0.15, 0.2) is 22.6 Å². The van der Waals surface area contributed by atoms with Gasteiger partial charge in [0.05, 0.1) is 18.5 Å². The molecule has 0 bridgehead atoms. The number of methoxy groups -OCH3 is 1. The van der Waals surface area contributed by atoms with Crippen molar-refractivity contribution in [3.8, 4) is 17.2 Å². The van der Waals surface area contributed by atoms with Crippen molar-refractivity contribution in [2.45, 2.75) is 13.3 Å². The van der Waals surface area contributed by atoms with Crippen molar-refractivity contribution in [2.75, 3.05) is 12.8 Å². The number of aryl methyl sites for hydroxylation is 1. The smallest absolute Gasteiger partial charge is 0.311 e. The Labute approximate surface area is 109 Å². The van der Waals surface area contributed by atoms with Crippen LogP contribution in [0.4, 0.5) is 5.69 Å². The maximum atomic E-state index is 10.7. The molecular weight excluding hydrogens is 248 g/mol. The van der Waals surface area contributed by atoms with Gasteiger partial charge < -0.3 is 20.0 Å². The fraction of sp³-hybridized carbons (Fsp3) is 0.231. The summed E-state index contributed by atoms with van der Waals surface area (Å²) in [6.07, 6.45) is -0.190. The minimum Gasteiger partial charge on any atom is -0.495 e. The standard InChI is InChI=1S/C13H14N2O4/c1-7-11(6-12(16)17)19-13(15-7)8-3-4-10(18-2)9(14)5-8/h3-5H,6,14H2,1-2H3,(H,16,17). The second kappa shape index (κ2) is 5.01. The third-order valence-electron chi connectivity index (χ3n) is 2.68. The molecule has 2 rings (SSSR count). The molecule has 0 radical (unpaired) electrons. The van der Waals surface area contributed by atoms with Crippen molar-refractivity contribution < 1.29 is 19.1 Å². The average Bonchev–Trinajstić information content (AvgIpc) is 2.70. The summed E-state index contributed by atoms with van der Waals surface area (Å²) in [5.41, 5.74) is 7.52. The van der Waals surface area contributed by atoms with Gasteiger partial charge in [-0.25, -0.2) is 4.98 Å². The van der Waals surface area contributed by atoms with Gasteiger partial charge in [-0.3, -0.25) is 4.79 Å². The van der Waals surface area contributed by atoms with Gasteiger partial charge in [0.15, 0.2) is 0 Å². The first-order chi connectivity index (χ1) is 9.01. The molecule has 0 aliphatic heterocycles. The quantitative estimate of drug-likeness (QED) is 0.816. The van der Waals surface area contributed by atoms with E-state index >= 15 is 0 Å². The molecule has 0 saturated carbocycles. The maximum Gasteiger partial charge on any atom is 0.311 e. The summed E-state index contributed by atoms with van der Waals surface area (Å²) in [5.74, 6) is 0.304. The zero-order valence-electron chi connectivity index (χ0n) is 10.6. The van der Waals surface area contributed by atoms with Crippen LogP contribution < -0.4 is 10.5 Å². The van der Waals surface area contributed by atoms with E-state index in [1.54, 1.807) is 25.1 Å². The highest BCUT2D eigenvalue weighted by atomic mass is 16.5. The molecule has 0 atom stereocenters. The monoisotopic (exact) mass is 262 g/mol. The second-order valence-electron chi connectivity index (χ2n) is 4.05. The zero-order chi connectivity index (χ0) is 14.0. The van der Waals surface area contributed by atoms with E-state index in [1.165, 1.54) is 7.11 Å². The molecule has 0 unspecified atom stereocenters. The molecule has 0 aliphatic carbocycles. The van der Waals surface area contributed by atoms with Crippen LogP contribution in [0, 0.1) is 6.92 Å². The summed E-state index contributed by atoms with van der Waals surface area (Å²) in [5, 5.41) is 8.76. The summed E-state index contributed by atoms with van der Waals surface area (Å²) >= 11 is 0. The molecular formula is C13H14N2O4. The number of nitrogens with two attached hydrogens (primary N) is 1. The molecule has 0 spiro atoms. The number of nitrogens with zero attached hydrogens (tertiary/aromatic N) is 1. The summed E-state index contributed by atoms with van der Waals surface area (Å²) in [6.45, 7) is 1.71. The number of ether oxygens (including phenoxy) is 1. The van der Waals surface area contributed by atoms with Gasteiger partial charge in [0.1, 0.15) is 17.9 Å². The van der Waals surface area contributed by atoms with Crippen molar-refractivity contribution in [1.82, 2.24) is 4.98 Å². The number of carbonyl (C=O) groups is 1. The van der Waals surface area contributed by atoms with Crippen LogP contribution >= 0.6 is 0 Å². The third-order valence-corrected chi connectivity index (χ3v) is 2.68. The van der Waals surface area contributed by atoms with Crippen molar-refractivity contribution in [3.63, 3.8) is 0 Å². The molecule has 0 aliphatic rings. The van der Waals surface area contributed by atoms with Crippen LogP contribution in [0.3, 0.4) is 0 Å². The molecule has 1 aromatic carbocycles. The van der Waals surface area contributed by atoms with E-state index in [0.717, 1.165) is 0 Å². The number of nitrogen functional groups attached to an aromatic ring is 1. The normalized spacial score (nSPS) is 10.4. The Balaban J connectivity index is 2.37. The fourth-order valence-corrected chi connectivity index (χ4v) is 1.72. The number of carboxylic acids is 1. The van der Waals surface area contributed by atoms with Crippen LogP contribution in [-0.4, -0.2) is 23.2 Å². The molecule has 6 nitrogen and oxygen atoms in total. The number of anilines is 1. The largest absolute Gasteiger partial charge is 0.495 e. The highest BCUT2D eigenvalue weighted by Gasteiger charge is 2.15. The number of oxazole rings is 1. The lowest BCUT2D eigenvalue weighted by molar-refractivity contribution is -0.136. The third kappa shape index (κ3) is 2.67. The van der Waals surface area contributed by atoms with E-state index < -0.39 is 5.97 Å². The van der Waals surface area contributed by atoms with Gasteiger partial charge in [0.2, 0.25) is 5.89 Å². The van der Waals surface area contributed by atoms with E-state index in [4.69, 9.17) is 20.0 Å². The number of aliphatic carboxylic acids is 1. The first-order valence-corrected chi connectivity index (χ1v) is 5.63. The Morgan fingerprint density at radius 3 is 2.84 bits per heavy atom. The lowest BCUT2D eigenvalue weighted by atomic mass is 10.2. The van der Waals surface area contributed by atoms with Gasteiger partial charge in [-0.15, -0.1) is 0 Å². The Bertz CT molecular complexity index is 619. The predicted octanol–water partition coefficient (Wildman–Crippen LogP) is 1.87. The first kappa shape index (κ1) is 12.9. The highest BCUT2D eigenvalue weighted by Crippen LogP contribution is 2.29. The van der Waals surface area contributed by atoms with Gasteiger partial charge in [-0.2, -0.15) is 0 Å². The lowest BCUT2D eigenvalue weighted by Gasteiger charge is -2.04. The summed E-state index contributed by atoms with van der Waals surface area (Å²) in [6, 6.07) is 5.14. The van der Waals surface area contributed by atoms with Crippen molar-refractivity contribution in [2.24, 2.45) is 0 Å². The summed E-state index contributed by atoms with van der Waals surface area (Å²) < 4.78 is 10.5. The molecule has 0 fully saturated rings. The van der Waals surface area contributed by atoms with E-state index in [-0.39, 0.29) is 6.42 Å². The Morgan fingerprint density at radius 1 is 1.53 bits per heavy atom. The number of hydrogen-bond donors (Lipinski definition) is 2. The molecule has 2 aromatic rings. The van der Waals surface area contributed by atoms with Gasteiger partial charge in [0.25, 0.3) is 0 Å². The van der Waals surface area contributed by atoms with Crippen molar-refractivity contribution in [3.05, 3.63) is 29.7 Å². The molecule has 19 heavy (non-hydrogen) atoms. The van der Waals surface area contributed by atoms with E-state index in [9.17, 15) is 4.79 Å². The average molecular weight is 262 g/mol. The SMILES string of the molecule is COc1ccc(-c2nc(C)c(CC(=O)O)o2)cc1N. The number of hydrogen-bond acceptors (Lipinski definition) is 5. The molecule has 6 heteroatoms. The van der Waals surface area contributed by atoms with E-state index in [2.05, 4.69) is 4.98 Å². The van der Waals surface area contributed by atoms with Gasteiger partial charge in [-0.1, -0.05) is 0 Å². The molecule has 1 aromatic heterocycles. The van der Waals surface area contributed by atoms with Gasteiger partial charge >= 0.3 is 5.97 Å². The topological polar surface area (TPSA) is 98.6 Å². The minimum atomic E-state index is -0.958. The number of aromatic nitrogens is 1. The molecule has 3 N–H and O–H groups in total. The number of rotatable bonds is 4. The van der Waals surface area contributed by atoms with Crippen molar-refractivity contribution >= 4 is 11.7 Å². The molecule has 0 saturated heterocycles. The summed E-state index contributed by atoms with van der Waals surface area (Å²) in [7, 11) is 1.53. The lowest BCUT2D eigenvalue weighted by Crippen LogP contribution is -1.99. The number of carboxylic acid groups (broad SMARTS) is 1. The van der Waals surface area contributed by atoms with Crippen LogP contribution in [0.25, 0.3) is 11.5 Å². The fourth-order valence-electron chi connectivity index (χ4n) is 1.72. The second-order valence-corrected chi connectivity index (χ2v) is 4.05. The molecule has 1 heterocycles. The minimum absolute atomic E-state index is 0.190. The van der Waals surface area contributed by atoms with E-state index in [0.29, 0.717) is 34.3 Å².